The van der Waals surface area contributed by atoms with Gasteiger partial charge in [0.05, 0.1) is 18.2 Å². The highest BCUT2D eigenvalue weighted by Crippen LogP contribution is 2.31. The van der Waals surface area contributed by atoms with Crippen molar-refractivity contribution >= 4 is 41.3 Å². The number of guanidine groups is 1. The Kier molecular flexibility index (Phi) is 11.6. The number of nitrogens with zero attached hydrogens (tertiary/aromatic N) is 3. The Bertz CT molecular complexity index is 807. The lowest BCUT2D eigenvalue weighted by Crippen LogP contribution is -2.43. The van der Waals surface area contributed by atoms with Crippen LogP contribution in [0.25, 0.3) is 0 Å². The zero-order chi connectivity index (χ0) is 21.2. The smallest absolute Gasteiger partial charge is 0.191 e. The molecule has 0 bridgehead atoms. The van der Waals surface area contributed by atoms with Gasteiger partial charge >= 0.3 is 0 Å². The van der Waals surface area contributed by atoms with E-state index in [0.29, 0.717) is 0 Å². The van der Waals surface area contributed by atoms with E-state index in [0.717, 1.165) is 62.8 Å². The van der Waals surface area contributed by atoms with Crippen LogP contribution < -0.4 is 15.4 Å². The molecule has 1 fully saturated rings. The van der Waals surface area contributed by atoms with E-state index in [2.05, 4.69) is 56.0 Å². The molecule has 0 saturated carbocycles. The summed E-state index contributed by atoms with van der Waals surface area (Å²) in [6.45, 7) is 6.03. The predicted octanol–water partition coefficient (Wildman–Crippen LogP) is 4.40. The van der Waals surface area contributed by atoms with E-state index in [-0.39, 0.29) is 30.0 Å². The molecule has 1 aliphatic rings. The second-order valence-corrected chi connectivity index (χ2v) is 8.66. The maximum absolute atomic E-state index is 5.64. The van der Waals surface area contributed by atoms with Crippen LogP contribution in [0, 0.1) is 6.92 Å². The zero-order valence-electron chi connectivity index (χ0n) is 18.9. The average Bonchev–Trinajstić information content (AvgIpc) is 3.44. The molecule has 2 N–H and O–H groups in total. The lowest BCUT2D eigenvalue weighted by molar-refractivity contribution is 0.239. The number of nitrogens with one attached hydrogen (secondary N) is 2. The van der Waals surface area contributed by atoms with Gasteiger partial charge in [-0.3, -0.25) is 9.89 Å². The molecule has 2 heterocycles. The van der Waals surface area contributed by atoms with E-state index in [9.17, 15) is 0 Å². The number of hydrogen-bond acceptors (Lipinski definition) is 5. The maximum atomic E-state index is 5.64. The predicted molar refractivity (Wildman–Crippen MR) is 141 cm³/mol. The number of thiazole rings is 1. The van der Waals surface area contributed by atoms with Crippen molar-refractivity contribution in [3.63, 3.8) is 0 Å². The highest BCUT2D eigenvalue weighted by atomic mass is 127. The molecular formula is C23H36IN5OS. The summed E-state index contributed by atoms with van der Waals surface area (Å²) in [5.74, 6) is 1.82. The fraction of sp³-hybridized carbons (Fsp3) is 0.565. The van der Waals surface area contributed by atoms with Gasteiger partial charge in [-0.15, -0.1) is 35.3 Å². The van der Waals surface area contributed by atoms with E-state index < -0.39 is 0 Å². The van der Waals surface area contributed by atoms with E-state index in [4.69, 9.17) is 4.74 Å². The molecule has 0 aliphatic carbocycles. The first-order valence-corrected chi connectivity index (χ1v) is 11.8. The number of benzene rings is 1. The second-order valence-electron chi connectivity index (χ2n) is 7.72. The summed E-state index contributed by atoms with van der Waals surface area (Å²) in [6.07, 6.45) is 5.81. The fourth-order valence-corrected chi connectivity index (χ4v) is 4.79. The molecule has 0 spiro atoms. The Morgan fingerprint density at radius 3 is 2.68 bits per heavy atom. The fourth-order valence-electron chi connectivity index (χ4n) is 3.97. The Labute approximate surface area is 207 Å². The third-order valence-corrected chi connectivity index (χ3v) is 6.57. The van der Waals surface area contributed by atoms with Gasteiger partial charge in [-0.1, -0.05) is 18.2 Å². The van der Waals surface area contributed by atoms with Gasteiger partial charge in [0, 0.05) is 36.8 Å². The van der Waals surface area contributed by atoms with Crippen LogP contribution in [0.5, 0.6) is 5.75 Å². The third kappa shape index (κ3) is 7.91. The van der Waals surface area contributed by atoms with Gasteiger partial charge in [0.25, 0.3) is 0 Å². The third-order valence-electron chi connectivity index (χ3n) is 5.54. The van der Waals surface area contributed by atoms with Crippen LogP contribution in [0.2, 0.25) is 0 Å². The number of aryl methyl sites for hydroxylation is 2. The first-order chi connectivity index (χ1) is 14.7. The van der Waals surface area contributed by atoms with Crippen molar-refractivity contribution in [1.29, 1.82) is 0 Å². The number of likely N-dealkylation sites (tertiary alicyclic amines) is 1. The van der Waals surface area contributed by atoms with Crippen LogP contribution in [0.1, 0.15) is 48.0 Å². The highest BCUT2D eigenvalue weighted by Gasteiger charge is 2.25. The molecule has 1 unspecified atom stereocenters. The average molecular weight is 558 g/mol. The largest absolute Gasteiger partial charge is 0.496 e. The van der Waals surface area contributed by atoms with Crippen molar-refractivity contribution in [3.05, 3.63) is 45.9 Å². The molecule has 1 saturated heterocycles. The SMILES string of the molecule is CN=C(NCCCCc1nc(C)cs1)NCC(c1ccccc1OC)N1CCCC1.I. The van der Waals surface area contributed by atoms with Gasteiger partial charge in [0.1, 0.15) is 5.75 Å². The molecule has 1 aromatic heterocycles. The number of hydrogen-bond donors (Lipinski definition) is 2. The monoisotopic (exact) mass is 557 g/mol. The van der Waals surface area contributed by atoms with Crippen LogP contribution in [-0.2, 0) is 6.42 Å². The standard InChI is InChI=1S/C23H35N5OS.HI/c1-18-17-30-22(27-18)12-6-7-13-25-23(24-2)26-16-20(28-14-8-9-15-28)19-10-4-5-11-21(19)29-3;/h4-5,10-11,17,20H,6-9,12-16H2,1-3H3,(H2,24,25,26);1H. The molecule has 6 nitrogen and oxygen atoms in total. The van der Waals surface area contributed by atoms with Crippen molar-refractivity contribution < 1.29 is 4.74 Å². The lowest BCUT2D eigenvalue weighted by Gasteiger charge is -2.30. The van der Waals surface area contributed by atoms with E-state index in [1.54, 1.807) is 18.4 Å². The van der Waals surface area contributed by atoms with Crippen LogP contribution >= 0.6 is 35.3 Å². The number of methoxy groups -OCH3 is 1. The minimum atomic E-state index is 0. The minimum absolute atomic E-state index is 0. The van der Waals surface area contributed by atoms with Crippen LogP contribution in [-0.4, -0.2) is 56.2 Å². The van der Waals surface area contributed by atoms with Crippen molar-refractivity contribution in [2.75, 3.05) is 40.3 Å². The minimum Gasteiger partial charge on any atom is -0.496 e. The molecule has 0 amide bonds. The van der Waals surface area contributed by atoms with Crippen LogP contribution in [0.4, 0.5) is 0 Å². The van der Waals surface area contributed by atoms with Crippen molar-refractivity contribution in [2.24, 2.45) is 4.99 Å². The molecule has 1 atom stereocenters. The summed E-state index contributed by atoms with van der Waals surface area (Å²) < 4.78 is 5.64. The van der Waals surface area contributed by atoms with Crippen molar-refractivity contribution in [1.82, 2.24) is 20.5 Å². The second kappa shape index (κ2) is 13.9. The molecule has 8 heteroatoms. The number of aromatic nitrogens is 1. The normalized spacial score (nSPS) is 15.4. The molecular weight excluding hydrogens is 521 g/mol. The van der Waals surface area contributed by atoms with Crippen LogP contribution in [0.3, 0.4) is 0 Å². The van der Waals surface area contributed by atoms with Gasteiger partial charge in [-0.2, -0.15) is 0 Å². The Balaban J connectivity index is 0.00000341. The summed E-state index contributed by atoms with van der Waals surface area (Å²) >= 11 is 1.76. The number of unbranched alkanes of at least 4 members (excludes halogenated alkanes) is 1. The maximum Gasteiger partial charge on any atom is 0.191 e. The summed E-state index contributed by atoms with van der Waals surface area (Å²) in [6, 6.07) is 8.63. The summed E-state index contributed by atoms with van der Waals surface area (Å²) in [7, 11) is 3.59. The molecule has 31 heavy (non-hydrogen) atoms. The van der Waals surface area contributed by atoms with Gasteiger partial charge in [0.2, 0.25) is 0 Å². The molecule has 1 aromatic carbocycles. The summed E-state index contributed by atoms with van der Waals surface area (Å²) in [4.78, 5) is 11.5. The van der Waals surface area contributed by atoms with Crippen LogP contribution in [0.15, 0.2) is 34.6 Å². The number of aliphatic imine (C=N–C) groups is 1. The number of para-hydroxylation sites is 1. The van der Waals surface area contributed by atoms with E-state index >= 15 is 0 Å². The van der Waals surface area contributed by atoms with Gasteiger partial charge in [-0.25, -0.2) is 4.98 Å². The quantitative estimate of drug-likeness (QED) is 0.196. The number of ether oxygens (including phenoxy) is 1. The Hall–Kier alpha value is -1.39. The first kappa shape index (κ1) is 25.9. The van der Waals surface area contributed by atoms with E-state index in [1.807, 2.05) is 13.1 Å². The van der Waals surface area contributed by atoms with Crippen molar-refractivity contribution in [2.45, 2.75) is 45.1 Å². The summed E-state index contributed by atoms with van der Waals surface area (Å²) in [5.41, 5.74) is 2.36. The molecule has 172 valence electrons. The lowest BCUT2D eigenvalue weighted by atomic mass is 10.0. The highest BCUT2D eigenvalue weighted by molar-refractivity contribution is 14.0. The Morgan fingerprint density at radius 2 is 2.00 bits per heavy atom. The number of halogens is 1. The molecule has 2 aromatic rings. The zero-order valence-corrected chi connectivity index (χ0v) is 22.0. The molecule has 1 aliphatic heterocycles. The topological polar surface area (TPSA) is 61.8 Å². The Morgan fingerprint density at radius 1 is 1.23 bits per heavy atom. The van der Waals surface area contributed by atoms with E-state index in [1.165, 1.54) is 23.4 Å². The van der Waals surface area contributed by atoms with Gasteiger partial charge in [0.15, 0.2) is 5.96 Å². The van der Waals surface area contributed by atoms with Gasteiger partial charge < -0.3 is 15.4 Å². The molecule has 0 radical (unpaired) electrons. The molecule has 3 rings (SSSR count). The first-order valence-electron chi connectivity index (χ1n) is 10.9. The van der Waals surface area contributed by atoms with Gasteiger partial charge in [-0.05, 0) is 58.2 Å². The summed E-state index contributed by atoms with van der Waals surface area (Å²) in [5, 5.41) is 10.4. The van der Waals surface area contributed by atoms with Crippen molar-refractivity contribution in [3.8, 4) is 5.75 Å². The number of rotatable bonds is 10.